The molecule has 1 atom stereocenters. The van der Waals surface area contributed by atoms with Gasteiger partial charge in [-0.3, -0.25) is 10.1 Å². The van der Waals surface area contributed by atoms with Gasteiger partial charge in [0.05, 0.1) is 0 Å². The first-order valence-corrected chi connectivity index (χ1v) is 4.84. The molecule has 1 rings (SSSR count). The fraction of sp³-hybridized carbons (Fsp3) is 0.500. The van der Waals surface area contributed by atoms with E-state index in [9.17, 15) is 4.79 Å². The van der Waals surface area contributed by atoms with Gasteiger partial charge in [-0.2, -0.15) is 0 Å². The molecule has 5 heteroatoms. The van der Waals surface area contributed by atoms with Gasteiger partial charge < -0.3 is 14.8 Å². The molecule has 1 aromatic heterocycles. The van der Waals surface area contributed by atoms with Gasteiger partial charge in [-0.05, 0) is 25.1 Å². The molecule has 0 spiro atoms. The van der Waals surface area contributed by atoms with Crippen LogP contribution in [-0.2, 0) is 9.53 Å². The third-order valence-electron chi connectivity index (χ3n) is 2.05. The molecule has 0 aliphatic rings. The molecule has 0 saturated heterocycles. The summed E-state index contributed by atoms with van der Waals surface area (Å²) in [7, 11) is 1.62. The molecule has 0 radical (unpaired) electrons. The van der Waals surface area contributed by atoms with Crippen molar-refractivity contribution in [2.24, 2.45) is 0 Å². The summed E-state index contributed by atoms with van der Waals surface area (Å²) in [5.41, 5.74) is 0.667. The summed E-state index contributed by atoms with van der Waals surface area (Å²) in [6.45, 7) is 1.24. The lowest BCUT2D eigenvalue weighted by Crippen LogP contribution is -2.30. The van der Waals surface area contributed by atoms with Crippen LogP contribution in [0.1, 0.15) is 18.2 Å². The molecule has 0 amide bonds. The number of rotatable bonds is 7. The minimum absolute atomic E-state index is 0.615. The quantitative estimate of drug-likeness (QED) is 0.583. The van der Waals surface area contributed by atoms with Crippen LogP contribution in [0.15, 0.2) is 18.3 Å². The molecule has 0 aromatic carbocycles. The number of hydrogen-bond acceptors (Lipinski definition) is 3. The van der Waals surface area contributed by atoms with Gasteiger partial charge in [0.1, 0.15) is 6.04 Å². The van der Waals surface area contributed by atoms with Gasteiger partial charge in [0.2, 0.25) is 0 Å². The lowest BCUT2D eigenvalue weighted by molar-refractivity contribution is -0.139. The maximum atomic E-state index is 10.9. The second-order valence-corrected chi connectivity index (χ2v) is 3.20. The average molecular weight is 212 g/mol. The van der Waals surface area contributed by atoms with Gasteiger partial charge in [-0.15, -0.1) is 0 Å². The predicted octanol–water partition coefficient (Wildman–Crippen LogP) is 0.766. The molecule has 1 aromatic rings. The molecule has 1 heterocycles. The van der Waals surface area contributed by atoms with Crippen molar-refractivity contribution >= 4 is 5.97 Å². The fourth-order valence-electron chi connectivity index (χ4n) is 1.32. The number of ether oxygens (including phenoxy) is 1. The minimum atomic E-state index is -0.880. The van der Waals surface area contributed by atoms with E-state index in [-0.39, 0.29) is 0 Å². The number of carboxylic acids is 1. The first-order chi connectivity index (χ1) is 7.25. The molecular weight excluding hydrogens is 196 g/mol. The van der Waals surface area contributed by atoms with Gasteiger partial charge in [0, 0.05) is 25.6 Å². The van der Waals surface area contributed by atoms with Gasteiger partial charge in [0.15, 0.2) is 0 Å². The van der Waals surface area contributed by atoms with Crippen LogP contribution in [0, 0.1) is 0 Å². The topological polar surface area (TPSA) is 74.3 Å². The molecule has 0 aliphatic carbocycles. The molecule has 0 aliphatic heterocycles. The van der Waals surface area contributed by atoms with Crippen LogP contribution in [0.25, 0.3) is 0 Å². The van der Waals surface area contributed by atoms with E-state index >= 15 is 0 Å². The highest BCUT2D eigenvalue weighted by molar-refractivity contribution is 5.74. The Labute approximate surface area is 88.4 Å². The minimum Gasteiger partial charge on any atom is -0.480 e. The Kier molecular flexibility index (Phi) is 4.86. The van der Waals surface area contributed by atoms with Gasteiger partial charge in [-0.25, -0.2) is 0 Å². The number of aromatic amines is 1. The van der Waals surface area contributed by atoms with E-state index in [2.05, 4.69) is 10.3 Å². The number of methoxy groups -OCH3 is 1. The summed E-state index contributed by atoms with van der Waals surface area (Å²) in [4.78, 5) is 13.8. The zero-order valence-electron chi connectivity index (χ0n) is 8.69. The lowest BCUT2D eigenvalue weighted by atomic mass is 10.2. The highest BCUT2D eigenvalue weighted by atomic mass is 16.5. The van der Waals surface area contributed by atoms with Crippen molar-refractivity contribution in [3.8, 4) is 0 Å². The zero-order chi connectivity index (χ0) is 11.1. The van der Waals surface area contributed by atoms with E-state index in [1.165, 1.54) is 0 Å². The van der Waals surface area contributed by atoms with Crippen LogP contribution in [0.4, 0.5) is 0 Å². The Morgan fingerprint density at radius 2 is 2.53 bits per heavy atom. The summed E-state index contributed by atoms with van der Waals surface area (Å²) in [5.74, 6) is -0.880. The Morgan fingerprint density at radius 1 is 1.73 bits per heavy atom. The number of hydrogen-bond donors (Lipinski definition) is 3. The second-order valence-electron chi connectivity index (χ2n) is 3.20. The molecule has 84 valence electrons. The van der Waals surface area contributed by atoms with Crippen LogP contribution in [0.2, 0.25) is 0 Å². The molecule has 0 saturated carbocycles. The maximum absolute atomic E-state index is 10.9. The van der Waals surface area contributed by atoms with E-state index in [1.54, 1.807) is 25.4 Å². The van der Waals surface area contributed by atoms with Gasteiger partial charge >= 0.3 is 5.97 Å². The van der Waals surface area contributed by atoms with Crippen LogP contribution in [0.5, 0.6) is 0 Å². The highest BCUT2D eigenvalue weighted by Crippen LogP contribution is 2.09. The van der Waals surface area contributed by atoms with Crippen molar-refractivity contribution in [3.05, 3.63) is 24.0 Å². The molecule has 1 unspecified atom stereocenters. The monoisotopic (exact) mass is 212 g/mol. The lowest BCUT2D eigenvalue weighted by Gasteiger charge is -2.12. The van der Waals surface area contributed by atoms with Gasteiger partial charge in [0.25, 0.3) is 0 Å². The summed E-state index contributed by atoms with van der Waals surface area (Å²) < 4.78 is 4.88. The van der Waals surface area contributed by atoms with Crippen molar-refractivity contribution in [1.29, 1.82) is 0 Å². The Balaban J connectivity index is 2.42. The zero-order valence-corrected chi connectivity index (χ0v) is 8.69. The normalized spacial score (nSPS) is 12.6. The summed E-state index contributed by atoms with van der Waals surface area (Å²) in [6.07, 6.45) is 2.50. The summed E-state index contributed by atoms with van der Waals surface area (Å²) in [6, 6.07) is 2.86. The van der Waals surface area contributed by atoms with Crippen molar-refractivity contribution < 1.29 is 14.6 Å². The Bertz CT molecular complexity index is 285. The molecule has 0 bridgehead atoms. The first-order valence-electron chi connectivity index (χ1n) is 4.84. The summed E-state index contributed by atoms with van der Waals surface area (Å²) >= 11 is 0. The third-order valence-corrected chi connectivity index (χ3v) is 2.05. The van der Waals surface area contributed by atoms with Crippen molar-refractivity contribution in [2.75, 3.05) is 20.3 Å². The number of carboxylic acid groups (broad SMARTS) is 1. The van der Waals surface area contributed by atoms with E-state index < -0.39 is 12.0 Å². The molecule has 15 heavy (non-hydrogen) atoms. The number of nitrogens with one attached hydrogen (secondary N) is 2. The van der Waals surface area contributed by atoms with E-state index in [1.807, 2.05) is 0 Å². The Hall–Kier alpha value is -1.33. The second kappa shape index (κ2) is 6.21. The van der Waals surface area contributed by atoms with E-state index in [0.717, 1.165) is 6.42 Å². The average Bonchev–Trinajstić information content (AvgIpc) is 2.70. The largest absolute Gasteiger partial charge is 0.480 e. The molecule has 5 nitrogen and oxygen atoms in total. The smallest absolute Gasteiger partial charge is 0.326 e. The standard InChI is InChI=1S/C10H16N2O3/c1-15-7-3-6-12-9(10(13)14)8-4-2-5-11-8/h2,4-5,9,11-12H,3,6-7H2,1H3,(H,13,14). The summed E-state index contributed by atoms with van der Waals surface area (Å²) in [5, 5.41) is 11.9. The Morgan fingerprint density at radius 3 is 3.07 bits per heavy atom. The molecule has 3 N–H and O–H groups in total. The van der Waals surface area contributed by atoms with Crippen LogP contribution in [0.3, 0.4) is 0 Å². The van der Waals surface area contributed by atoms with Gasteiger partial charge in [-0.1, -0.05) is 0 Å². The number of carbonyl (C=O) groups is 1. The number of aromatic nitrogens is 1. The fourth-order valence-corrected chi connectivity index (χ4v) is 1.32. The van der Waals surface area contributed by atoms with Crippen LogP contribution >= 0.6 is 0 Å². The maximum Gasteiger partial charge on any atom is 0.326 e. The molecule has 0 fully saturated rings. The van der Waals surface area contributed by atoms with Crippen LogP contribution < -0.4 is 5.32 Å². The number of aliphatic carboxylic acids is 1. The van der Waals surface area contributed by atoms with Crippen LogP contribution in [-0.4, -0.2) is 36.3 Å². The number of H-pyrrole nitrogens is 1. The predicted molar refractivity (Wildman–Crippen MR) is 55.7 cm³/mol. The molecular formula is C10H16N2O3. The SMILES string of the molecule is COCCCNC(C(=O)O)c1ccc[nH]1. The third kappa shape index (κ3) is 3.73. The van der Waals surface area contributed by atoms with Crippen molar-refractivity contribution in [3.63, 3.8) is 0 Å². The highest BCUT2D eigenvalue weighted by Gasteiger charge is 2.19. The van der Waals surface area contributed by atoms with Crippen molar-refractivity contribution in [1.82, 2.24) is 10.3 Å². The first kappa shape index (κ1) is 11.7. The van der Waals surface area contributed by atoms with E-state index in [0.29, 0.717) is 18.8 Å². The van der Waals surface area contributed by atoms with E-state index in [4.69, 9.17) is 9.84 Å². The van der Waals surface area contributed by atoms with Crippen molar-refractivity contribution in [2.45, 2.75) is 12.5 Å².